The molecule has 1 aliphatic rings. The Balaban J connectivity index is 1.26. The average Bonchev–Trinajstić information content (AvgIpc) is 3.65. The fourth-order valence-corrected chi connectivity index (χ4v) is 5.60. The number of aromatic nitrogens is 5. The first-order chi connectivity index (χ1) is 18.5. The van der Waals surface area contributed by atoms with Gasteiger partial charge in [-0.05, 0) is 75.9 Å². The van der Waals surface area contributed by atoms with Crippen molar-refractivity contribution in [3.8, 4) is 22.8 Å². The molecule has 0 saturated heterocycles. The lowest BCUT2D eigenvalue weighted by molar-refractivity contribution is -0.113. The monoisotopic (exact) mass is 532 g/mol. The van der Waals surface area contributed by atoms with E-state index in [0.29, 0.717) is 23.5 Å². The molecule has 198 valence electrons. The molecule has 1 aliphatic carbocycles. The van der Waals surface area contributed by atoms with Crippen molar-refractivity contribution in [3.63, 3.8) is 0 Å². The number of nitrogens with zero attached hydrogens (tertiary/aromatic N) is 5. The second-order valence-corrected chi connectivity index (χ2v) is 10.3. The molecule has 9 nitrogen and oxygen atoms in total. The van der Waals surface area contributed by atoms with E-state index >= 15 is 0 Å². The fraction of sp³-hybridized carbons (Fsp3) is 0.357. The first-order valence-corrected chi connectivity index (χ1v) is 13.9. The summed E-state index contributed by atoms with van der Waals surface area (Å²) in [5, 5.41) is 12.2. The second kappa shape index (κ2) is 11.3. The molecule has 2 heterocycles. The Morgan fingerprint density at radius 2 is 1.79 bits per heavy atom. The minimum Gasteiger partial charge on any atom is -0.490 e. The van der Waals surface area contributed by atoms with Gasteiger partial charge in [-0.1, -0.05) is 30.0 Å². The second-order valence-electron chi connectivity index (χ2n) is 9.37. The topological polar surface area (TPSA) is 96.0 Å². The third-order valence-electron chi connectivity index (χ3n) is 6.90. The Kier molecular flexibility index (Phi) is 7.69. The van der Waals surface area contributed by atoms with E-state index in [4.69, 9.17) is 4.74 Å². The van der Waals surface area contributed by atoms with Gasteiger partial charge in [-0.15, -0.1) is 10.2 Å². The molecule has 1 N–H and O–H groups in total. The summed E-state index contributed by atoms with van der Waals surface area (Å²) in [6.07, 6.45) is 5.02. The van der Waals surface area contributed by atoms with E-state index in [-0.39, 0.29) is 22.9 Å². The predicted molar refractivity (Wildman–Crippen MR) is 149 cm³/mol. The Hall–Kier alpha value is -3.79. The minimum atomic E-state index is -0.276. The largest absolute Gasteiger partial charge is 0.490 e. The third kappa shape index (κ3) is 5.26. The van der Waals surface area contributed by atoms with Gasteiger partial charge in [-0.3, -0.25) is 14.3 Å². The molecule has 0 atom stereocenters. The van der Waals surface area contributed by atoms with Gasteiger partial charge in [0.25, 0.3) is 5.56 Å². The molecule has 1 amide bonds. The Bertz CT molecular complexity index is 1470. The zero-order valence-corrected chi connectivity index (χ0v) is 22.7. The average molecular weight is 533 g/mol. The molecule has 1 fully saturated rings. The number of rotatable bonds is 9. The maximum Gasteiger partial charge on any atom is 0.295 e. The van der Waals surface area contributed by atoms with Crippen LogP contribution in [0.1, 0.15) is 38.3 Å². The lowest BCUT2D eigenvalue weighted by Gasteiger charge is -2.13. The van der Waals surface area contributed by atoms with E-state index in [1.54, 1.807) is 16.4 Å². The summed E-state index contributed by atoms with van der Waals surface area (Å²) in [4.78, 5) is 25.9. The quantitative estimate of drug-likeness (QED) is 0.311. The summed E-state index contributed by atoms with van der Waals surface area (Å²) >= 11 is 1.30. The fourth-order valence-electron chi connectivity index (χ4n) is 4.79. The Labute approximate surface area is 225 Å². The Morgan fingerprint density at radius 3 is 2.47 bits per heavy atom. The number of hydrogen-bond donors (Lipinski definition) is 1. The van der Waals surface area contributed by atoms with Crippen LogP contribution in [0.4, 0.5) is 5.69 Å². The number of para-hydroxylation sites is 1. The van der Waals surface area contributed by atoms with Gasteiger partial charge in [0.2, 0.25) is 5.91 Å². The van der Waals surface area contributed by atoms with E-state index in [2.05, 4.69) is 15.5 Å². The zero-order valence-electron chi connectivity index (χ0n) is 21.9. The molecule has 0 bridgehead atoms. The van der Waals surface area contributed by atoms with Crippen LogP contribution in [0.15, 0.2) is 64.5 Å². The van der Waals surface area contributed by atoms with E-state index in [1.807, 2.05) is 73.0 Å². The molecule has 2 aromatic carbocycles. The van der Waals surface area contributed by atoms with Crippen LogP contribution in [0.5, 0.6) is 5.75 Å². The van der Waals surface area contributed by atoms with Crippen molar-refractivity contribution in [2.75, 3.05) is 11.1 Å². The third-order valence-corrected chi connectivity index (χ3v) is 7.87. The van der Waals surface area contributed by atoms with Crippen LogP contribution in [-0.4, -0.2) is 41.9 Å². The number of benzene rings is 2. The highest BCUT2D eigenvalue weighted by atomic mass is 32.2. The highest BCUT2D eigenvalue weighted by Crippen LogP contribution is 2.28. The van der Waals surface area contributed by atoms with Crippen LogP contribution >= 0.6 is 11.8 Å². The highest BCUT2D eigenvalue weighted by Gasteiger charge is 2.20. The van der Waals surface area contributed by atoms with E-state index in [1.165, 1.54) is 24.6 Å². The van der Waals surface area contributed by atoms with Gasteiger partial charge in [-0.2, -0.15) is 0 Å². The predicted octanol–water partition coefficient (Wildman–Crippen LogP) is 4.82. The summed E-state index contributed by atoms with van der Waals surface area (Å²) in [6, 6.07) is 17.3. The van der Waals surface area contributed by atoms with Gasteiger partial charge in [0.15, 0.2) is 11.0 Å². The SMILES string of the molecule is CCn1c(SCC(=O)Nc2c(C)n(C)n(-c3ccccc3)c2=O)nnc1-c1ccc(OC2CCCC2)cc1. The van der Waals surface area contributed by atoms with Crippen molar-refractivity contribution >= 4 is 23.4 Å². The molecule has 0 spiro atoms. The molecule has 4 aromatic rings. The first-order valence-electron chi connectivity index (χ1n) is 12.9. The lowest BCUT2D eigenvalue weighted by atomic mass is 10.2. The van der Waals surface area contributed by atoms with Crippen LogP contribution < -0.4 is 15.6 Å². The van der Waals surface area contributed by atoms with E-state index in [9.17, 15) is 9.59 Å². The van der Waals surface area contributed by atoms with Crippen LogP contribution in [0, 0.1) is 6.92 Å². The maximum absolute atomic E-state index is 13.1. The molecule has 0 unspecified atom stereocenters. The van der Waals surface area contributed by atoms with Crippen LogP contribution in [0.2, 0.25) is 0 Å². The van der Waals surface area contributed by atoms with Gasteiger partial charge in [-0.25, -0.2) is 4.68 Å². The van der Waals surface area contributed by atoms with Crippen molar-refractivity contribution in [1.82, 2.24) is 24.1 Å². The highest BCUT2D eigenvalue weighted by molar-refractivity contribution is 7.99. The van der Waals surface area contributed by atoms with Crippen molar-refractivity contribution in [1.29, 1.82) is 0 Å². The number of anilines is 1. The standard InChI is InChI=1S/C28H32N6O3S/c1-4-33-26(20-14-16-23(17-15-20)37-22-12-8-9-13-22)30-31-28(33)38-18-24(35)29-25-19(2)32(3)34(27(25)36)21-10-6-5-7-11-21/h5-7,10-11,14-17,22H,4,8-9,12-13,18H2,1-3H3,(H,29,35). The summed E-state index contributed by atoms with van der Waals surface area (Å²) < 4.78 is 11.3. The molecule has 10 heteroatoms. The maximum atomic E-state index is 13.1. The minimum absolute atomic E-state index is 0.103. The number of ether oxygens (including phenoxy) is 1. The van der Waals surface area contributed by atoms with Crippen LogP contribution in [0.3, 0.4) is 0 Å². The van der Waals surface area contributed by atoms with Gasteiger partial charge < -0.3 is 14.6 Å². The van der Waals surface area contributed by atoms with E-state index < -0.39 is 0 Å². The molecular formula is C28H32N6O3S. The summed E-state index contributed by atoms with van der Waals surface area (Å²) in [7, 11) is 1.80. The molecule has 38 heavy (non-hydrogen) atoms. The molecule has 2 aromatic heterocycles. The van der Waals surface area contributed by atoms with Crippen molar-refractivity contribution in [2.24, 2.45) is 7.05 Å². The van der Waals surface area contributed by atoms with Gasteiger partial charge >= 0.3 is 0 Å². The van der Waals surface area contributed by atoms with Gasteiger partial charge in [0.05, 0.1) is 23.2 Å². The van der Waals surface area contributed by atoms with Crippen molar-refractivity contribution in [2.45, 2.75) is 57.3 Å². The number of hydrogen-bond acceptors (Lipinski definition) is 6. The number of carbonyl (C=O) groups excluding carboxylic acids is 1. The molecule has 0 radical (unpaired) electrons. The zero-order chi connectivity index (χ0) is 26.6. The summed E-state index contributed by atoms with van der Waals surface area (Å²) in [5.74, 6) is 1.44. The smallest absolute Gasteiger partial charge is 0.295 e. The van der Waals surface area contributed by atoms with Crippen LogP contribution in [-0.2, 0) is 18.4 Å². The number of thioether (sulfide) groups is 1. The Morgan fingerprint density at radius 1 is 1.08 bits per heavy atom. The summed E-state index contributed by atoms with van der Waals surface area (Å²) in [5.41, 5.74) is 2.36. The van der Waals surface area contributed by atoms with Gasteiger partial charge in [0, 0.05) is 19.2 Å². The van der Waals surface area contributed by atoms with Crippen molar-refractivity contribution < 1.29 is 9.53 Å². The van der Waals surface area contributed by atoms with Crippen molar-refractivity contribution in [3.05, 3.63) is 70.6 Å². The van der Waals surface area contributed by atoms with E-state index in [0.717, 1.165) is 35.7 Å². The normalized spacial score (nSPS) is 13.7. The molecule has 0 aliphatic heterocycles. The number of amides is 1. The first kappa shape index (κ1) is 25.8. The van der Waals surface area contributed by atoms with Crippen LogP contribution in [0.25, 0.3) is 17.1 Å². The molecule has 1 saturated carbocycles. The molecular weight excluding hydrogens is 500 g/mol. The summed E-state index contributed by atoms with van der Waals surface area (Å²) in [6.45, 7) is 4.49. The number of carbonyl (C=O) groups is 1. The lowest BCUT2D eigenvalue weighted by Crippen LogP contribution is -2.23. The molecule has 5 rings (SSSR count). The van der Waals surface area contributed by atoms with Gasteiger partial charge in [0.1, 0.15) is 11.4 Å². The number of nitrogens with one attached hydrogen (secondary N) is 1.